The van der Waals surface area contributed by atoms with E-state index in [4.69, 9.17) is 0 Å². The fraction of sp³-hybridized carbons (Fsp3) is 0.571. The molecule has 74 valence electrons. The van der Waals surface area contributed by atoms with Crippen LogP contribution in [0.1, 0.15) is 5.69 Å². The lowest BCUT2D eigenvalue weighted by Gasteiger charge is -1.98. The first-order valence-corrected chi connectivity index (χ1v) is 5.80. The summed E-state index contributed by atoms with van der Waals surface area (Å²) in [7, 11) is -1.25. The van der Waals surface area contributed by atoms with Crippen LogP contribution in [-0.4, -0.2) is 31.0 Å². The molecule has 1 heterocycles. The van der Waals surface area contributed by atoms with Gasteiger partial charge in [-0.1, -0.05) is 0 Å². The average molecular weight is 203 g/mol. The van der Waals surface area contributed by atoms with E-state index in [-0.39, 0.29) is 0 Å². The number of hydrogen-bond acceptors (Lipinski definition) is 3. The van der Waals surface area contributed by atoms with Gasteiger partial charge in [-0.15, -0.1) is 0 Å². The van der Waals surface area contributed by atoms with E-state index in [0.717, 1.165) is 11.9 Å². The third-order valence-electron chi connectivity index (χ3n) is 1.51. The second-order valence-electron chi connectivity index (χ2n) is 2.90. The maximum atomic E-state index is 10.7. The van der Waals surface area contributed by atoms with E-state index in [1.807, 2.05) is 19.3 Å². The molecular weight excluding hydrogens is 190 g/mol. The van der Waals surface area contributed by atoms with E-state index in [1.165, 1.54) is 0 Å². The largest absolute Gasteiger partial charge is 0.276 e. The number of hydrogen-bond donors (Lipinski definition) is 1. The smallest absolute Gasteiger partial charge is 0.208 e. The molecule has 13 heavy (non-hydrogen) atoms. The molecule has 0 saturated heterocycles. The van der Waals surface area contributed by atoms with Gasteiger partial charge in [0.15, 0.2) is 0 Å². The Labute approximate surface area is 77.8 Å². The van der Waals surface area contributed by atoms with E-state index >= 15 is 0 Å². The zero-order valence-electron chi connectivity index (χ0n) is 7.69. The number of aromatic nitrogens is 2. The summed E-state index contributed by atoms with van der Waals surface area (Å²) in [5, 5.41) is 4.11. The minimum Gasteiger partial charge on any atom is -0.276 e. The molecule has 1 rings (SSSR count). The first kappa shape index (κ1) is 10.2. The van der Waals surface area contributed by atoms with Crippen LogP contribution >= 0.6 is 0 Å². The van der Waals surface area contributed by atoms with Gasteiger partial charge in [0.05, 0.1) is 11.9 Å². The van der Waals surface area contributed by atoms with Gasteiger partial charge in [-0.2, -0.15) is 5.10 Å². The van der Waals surface area contributed by atoms with E-state index in [1.54, 1.807) is 4.68 Å². The van der Waals surface area contributed by atoms with Crippen LogP contribution in [-0.2, 0) is 23.5 Å². The standard InChI is InChI=1S/C7H13N3O2S/c1-10-6-4-7(9-10)3-5-8-13(2,11)12/h4,6,8H,3,5H2,1-2H3. The van der Waals surface area contributed by atoms with Gasteiger partial charge in [-0.05, 0) is 6.07 Å². The summed E-state index contributed by atoms with van der Waals surface area (Å²) in [5.41, 5.74) is 0.888. The van der Waals surface area contributed by atoms with Crippen molar-refractivity contribution in [3.05, 3.63) is 18.0 Å². The van der Waals surface area contributed by atoms with Gasteiger partial charge in [0.25, 0.3) is 0 Å². The molecule has 1 aromatic rings. The van der Waals surface area contributed by atoms with Crippen LogP contribution in [0.5, 0.6) is 0 Å². The van der Waals surface area contributed by atoms with Gasteiger partial charge >= 0.3 is 0 Å². The Morgan fingerprint density at radius 3 is 2.77 bits per heavy atom. The summed E-state index contributed by atoms with van der Waals surface area (Å²) in [6.07, 6.45) is 3.59. The lowest BCUT2D eigenvalue weighted by atomic mass is 10.3. The molecule has 0 aliphatic rings. The number of nitrogens with zero attached hydrogens (tertiary/aromatic N) is 2. The summed E-state index contributed by atoms with van der Waals surface area (Å²) in [6.45, 7) is 0.399. The fourth-order valence-electron chi connectivity index (χ4n) is 0.961. The van der Waals surface area contributed by atoms with Crippen molar-refractivity contribution in [2.75, 3.05) is 12.8 Å². The number of rotatable bonds is 4. The molecule has 0 aliphatic heterocycles. The second-order valence-corrected chi connectivity index (χ2v) is 4.73. The summed E-state index contributed by atoms with van der Waals surface area (Å²) in [5.74, 6) is 0. The minimum absolute atomic E-state index is 0.399. The summed E-state index contributed by atoms with van der Waals surface area (Å²) >= 11 is 0. The molecule has 0 bridgehead atoms. The molecule has 1 N–H and O–H groups in total. The molecule has 0 saturated carbocycles. The Balaban J connectivity index is 2.36. The zero-order valence-corrected chi connectivity index (χ0v) is 8.50. The van der Waals surface area contributed by atoms with Crippen molar-refractivity contribution in [2.24, 2.45) is 7.05 Å². The van der Waals surface area contributed by atoms with Gasteiger partial charge < -0.3 is 0 Å². The molecule has 0 aliphatic carbocycles. The lowest BCUT2D eigenvalue weighted by molar-refractivity contribution is 0.587. The van der Waals surface area contributed by atoms with Gasteiger partial charge in [-0.25, -0.2) is 13.1 Å². The van der Waals surface area contributed by atoms with E-state index in [2.05, 4.69) is 9.82 Å². The highest BCUT2D eigenvalue weighted by atomic mass is 32.2. The second kappa shape index (κ2) is 3.89. The highest BCUT2D eigenvalue weighted by Gasteiger charge is 2.01. The van der Waals surface area contributed by atoms with E-state index < -0.39 is 10.0 Å². The van der Waals surface area contributed by atoms with Crippen molar-refractivity contribution in [1.29, 1.82) is 0 Å². The molecular formula is C7H13N3O2S. The predicted molar refractivity (Wildman–Crippen MR) is 49.8 cm³/mol. The minimum atomic E-state index is -3.07. The van der Waals surface area contributed by atoms with E-state index in [9.17, 15) is 8.42 Å². The third-order valence-corrected chi connectivity index (χ3v) is 2.24. The Bertz CT molecular complexity index is 369. The third kappa shape index (κ3) is 4.05. The molecule has 1 aromatic heterocycles. The van der Waals surface area contributed by atoms with Crippen LogP contribution < -0.4 is 4.72 Å². The molecule has 6 heteroatoms. The van der Waals surface area contributed by atoms with Gasteiger partial charge in [0.2, 0.25) is 10.0 Å². The Morgan fingerprint density at radius 1 is 1.62 bits per heavy atom. The van der Waals surface area contributed by atoms with Gasteiger partial charge in [0, 0.05) is 26.2 Å². The Kier molecular flexibility index (Phi) is 3.05. The quantitative estimate of drug-likeness (QED) is 0.718. The maximum absolute atomic E-state index is 10.7. The van der Waals surface area contributed by atoms with Crippen LogP contribution in [0.2, 0.25) is 0 Å². The molecule has 0 spiro atoms. The van der Waals surface area contributed by atoms with Crippen molar-refractivity contribution < 1.29 is 8.42 Å². The van der Waals surface area contributed by atoms with Crippen molar-refractivity contribution in [2.45, 2.75) is 6.42 Å². The summed E-state index contributed by atoms with van der Waals surface area (Å²) in [4.78, 5) is 0. The highest BCUT2D eigenvalue weighted by Crippen LogP contribution is 1.94. The van der Waals surface area contributed by atoms with Crippen molar-refractivity contribution in [3.63, 3.8) is 0 Å². The predicted octanol–water partition coefficient (Wildman–Crippen LogP) is -0.488. The number of nitrogens with one attached hydrogen (secondary N) is 1. The summed E-state index contributed by atoms with van der Waals surface area (Å²) in [6, 6.07) is 1.87. The average Bonchev–Trinajstić information content (AvgIpc) is 2.33. The molecule has 0 radical (unpaired) electrons. The SMILES string of the molecule is Cn1ccc(CCNS(C)(=O)=O)n1. The summed E-state index contributed by atoms with van der Waals surface area (Å²) < 4.78 is 25.5. The molecule has 5 nitrogen and oxygen atoms in total. The van der Waals surface area contributed by atoms with Gasteiger partial charge in [0.1, 0.15) is 0 Å². The van der Waals surface area contributed by atoms with Crippen LogP contribution in [0.3, 0.4) is 0 Å². The first-order chi connectivity index (χ1) is 5.97. The lowest BCUT2D eigenvalue weighted by Crippen LogP contribution is -2.24. The monoisotopic (exact) mass is 203 g/mol. The Morgan fingerprint density at radius 2 is 2.31 bits per heavy atom. The van der Waals surface area contributed by atoms with Crippen molar-refractivity contribution >= 4 is 10.0 Å². The number of sulfonamides is 1. The molecule has 0 atom stereocenters. The van der Waals surface area contributed by atoms with Gasteiger partial charge in [-0.3, -0.25) is 4.68 Å². The van der Waals surface area contributed by atoms with Crippen LogP contribution in [0.4, 0.5) is 0 Å². The van der Waals surface area contributed by atoms with Crippen molar-refractivity contribution in [3.8, 4) is 0 Å². The van der Waals surface area contributed by atoms with Crippen LogP contribution in [0, 0.1) is 0 Å². The van der Waals surface area contributed by atoms with Crippen LogP contribution in [0.15, 0.2) is 12.3 Å². The maximum Gasteiger partial charge on any atom is 0.208 e. The topological polar surface area (TPSA) is 64.0 Å². The molecule has 0 unspecified atom stereocenters. The molecule has 0 aromatic carbocycles. The number of aryl methyl sites for hydroxylation is 1. The van der Waals surface area contributed by atoms with Crippen LogP contribution in [0.25, 0.3) is 0 Å². The van der Waals surface area contributed by atoms with E-state index in [0.29, 0.717) is 13.0 Å². The zero-order chi connectivity index (χ0) is 9.90. The Hall–Kier alpha value is -0.880. The first-order valence-electron chi connectivity index (χ1n) is 3.90. The fourth-order valence-corrected chi connectivity index (χ4v) is 1.43. The molecule has 0 fully saturated rings. The highest BCUT2D eigenvalue weighted by molar-refractivity contribution is 7.88. The van der Waals surface area contributed by atoms with Crippen molar-refractivity contribution in [1.82, 2.24) is 14.5 Å². The molecule has 0 amide bonds. The normalized spacial score (nSPS) is 11.8.